The van der Waals surface area contributed by atoms with Gasteiger partial charge in [-0.25, -0.2) is 4.79 Å². The lowest BCUT2D eigenvalue weighted by molar-refractivity contribution is 0.231. The van der Waals surface area contributed by atoms with Gasteiger partial charge in [0.2, 0.25) is 6.08 Å². The minimum atomic E-state index is 0.682. The molecule has 17 heavy (non-hydrogen) atoms. The molecule has 1 aliphatic heterocycles. The lowest BCUT2D eigenvalue weighted by Crippen LogP contribution is -2.31. The van der Waals surface area contributed by atoms with Crippen LogP contribution in [0.5, 0.6) is 0 Å². The summed E-state index contributed by atoms with van der Waals surface area (Å²) >= 11 is 0. The average molecular weight is 230 g/mol. The van der Waals surface area contributed by atoms with Gasteiger partial charge in [-0.15, -0.1) is 0 Å². The van der Waals surface area contributed by atoms with Crippen molar-refractivity contribution >= 4 is 11.8 Å². The lowest BCUT2D eigenvalue weighted by Gasteiger charge is -2.26. The van der Waals surface area contributed by atoms with Crippen LogP contribution in [0.1, 0.15) is 24.8 Å². The van der Waals surface area contributed by atoms with E-state index in [0.29, 0.717) is 5.69 Å². The van der Waals surface area contributed by atoms with Crippen LogP contribution >= 0.6 is 0 Å². The zero-order chi connectivity index (χ0) is 11.9. The molecule has 1 aliphatic rings. The highest BCUT2D eigenvalue weighted by atomic mass is 16.1. The Kier molecular flexibility index (Phi) is 4.48. The molecule has 1 heterocycles. The maximum absolute atomic E-state index is 10.1. The zero-order valence-corrected chi connectivity index (χ0v) is 10.1. The van der Waals surface area contributed by atoms with E-state index in [1.807, 2.05) is 24.3 Å². The molecule has 0 radical (unpaired) electrons. The molecule has 1 aromatic rings. The van der Waals surface area contributed by atoms with Gasteiger partial charge in [0.05, 0.1) is 5.69 Å². The van der Waals surface area contributed by atoms with E-state index in [4.69, 9.17) is 0 Å². The third-order valence-electron chi connectivity index (χ3n) is 3.28. The van der Waals surface area contributed by atoms with Crippen molar-refractivity contribution in [1.82, 2.24) is 4.90 Å². The normalized spacial score (nSPS) is 16.5. The van der Waals surface area contributed by atoms with E-state index in [0.717, 1.165) is 13.0 Å². The fourth-order valence-corrected chi connectivity index (χ4v) is 2.26. The topological polar surface area (TPSA) is 32.7 Å². The number of benzene rings is 1. The first-order chi connectivity index (χ1) is 8.38. The fraction of sp³-hybridized carbons (Fsp3) is 0.500. The summed E-state index contributed by atoms with van der Waals surface area (Å²) in [6.45, 7) is 3.62. The van der Waals surface area contributed by atoms with Gasteiger partial charge in [-0.1, -0.05) is 18.6 Å². The molecule has 0 bridgehead atoms. The van der Waals surface area contributed by atoms with Crippen LogP contribution in [0.2, 0.25) is 0 Å². The number of carbonyl (C=O) groups excluding carboxylic acids is 1. The third-order valence-corrected chi connectivity index (χ3v) is 3.28. The van der Waals surface area contributed by atoms with Crippen LogP contribution in [0, 0.1) is 0 Å². The second kappa shape index (κ2) is 6.33. The van der Waals surface area contributed by atoms with E-state index in [1.54, 1.807) is 6.08 Å². The molecule has 3 nitrogen and oxygen atoms in total. The average Bonchev–Trinajstić information content (AvgIpc) is 2.40. The van der Waals surface area contributed by atoms with Crippen LogP contribution in [0.3, 0.4) is 0 Å². The summed E-state index contributed by atoms with van der Waals surface area (Å²) in [4.78, 5) is 16.2. The highest BCUT2D eigenvalue weighted by Crippen LogP contribution is 2.14. The van der Waals surface area contributed by atoms with Gasteiger partial charge in [0.15, 0.2) is 0 Å². The van der Waals surface area contributed by atoms with E-state index < -0.39 is 0 Å². The minimum absolute atomic E-state index is 0.682. The smallest absolute Gasteiger partial charge is 0.240 e. The first-order valence-corrected chi connectivity index (χ1v) is 6.27. The van der Waals surface area contributed by atoms with Gasteiger partial charge in [-0.05, 0) is 50.0 Å². The number of piperidine rings is 1. The Balaban J connectivity index is 1.83. The van der Waals surface area contributed by atoms with E-state index in [9.17, 15) is 4.79 Å². The summed E-state index contributed by atoms with van der Waals surface area (Å²) in [5.41, 5.74) is 1.99. The highest BCUT2D eigenvalue weighted by molar-refractivity contribution is 5.49. The molecule has 0 N–H and O–H groups in total. The molecule has 1 fully saturated rings. The Bertz CT molecular complexity index is 387. The van der Waals surface area contributed by atoms with Gasteiger partial charge in [-0.2, -0.15) is 4.99 Å². The number of hydrogen-bond donors (Lipinski definition) is 0. The molecule has 0 unspecified atom stereocenters. The van der Waals surface area contributed by atoms with E-state index in [1.165, 1.54) is 37.9 Å². The molecule has 3 heteroatoms. The Morgan fingerprint density at radius 1 is 1.12 bits per heavy atom. The monoisotopic (exact) mass is 230 g/mol. The zero-order valence-electron chi connectivity index (χ0n) is 10.1. The molecule has 90 valence electrons. The van der Waals surface area contributed by atoms with E-state index in [-0.39, 0.29) is 0 Å². The van der Waals surface area contributed by atoms with Crippen LogP contribution in [-0.2, 0) is 11.2 Å². The van der Waals surface area contributed by atoms with Crippen molar-refractivity contribution in [2.45, 2.75) is 25.7 Å². The number of aliphatic imine (C=N–C) groups is 1. The van der Waals surface area contributed by atoms with Crippen LogP contribution in [0.25, 0.3) is 0 Å². The molecule has 0 saturated carbocycles. The number of nitrogens with zero attached hydrogens (tertiary/aromatic N) is 2. The summed E-state index contributed by atoms with van der Waals surface area (Å²) < 4.78 is 0. The Labute approximate surface area is 102 Å². The van der Waals surface area contributed by atoms with Crippen molar-refractivity contribution in [2.24, 2.45) is 4.99 Å². The molecule has 2 rings (SSSR count). The lowest BCUT2D eigenvalue weighted by atomic mass is 10.1. The highest BCUT2D eigenvalue weighted by Gasteiger charge is 2.09. The molecule has 1 saturated heterocycles. The molecule has 0 amide bonds. The second-order valence-corrected chi connectivity index (χ2v) is 4.52. The standard InChI is InChI=1S/C14H18N2O/c17-12-15-14-6-4-13(5-7-14)8-11-16-9-2-1-3-10-16/h4-7H,1-3,8-11H2. The molecule has 0 aliphatic carbocycles. The van der Waals surface area contributed by atoms with Gasteiger partial charge in [0.1, 0.15) is 0 Å². The predicted molar refractivity (Wildman–Crippen MR) is 68.2 cm³/mol. The SMILES string of the molecule is O=C=Nc1ccc(CCN2CCCCC2)cc1. The summed E-state index contributed by atoms with van der Waals surface area (Å²) in [5.74, 6) is 0. The van der Waals surface area contributed by atoms with Gasteiger partial charge < -0.3 is 4.90 Å². The number of hydrogen-bond acceptors (Lipinski definition) is 3. The minimum Gasteiger partial charge on any atom is -0.303 e. The van der Waals surface area contributed by atoms with E-state index in [2.05, 4.69) is 9.89 Å². The second-order valence-electron chi connectivity index (χ2n) is 4.52. The summed E-state index contributed by atoms with van der Waals surface area (Å²) in [6, 6.07) is 7.83. The van der Waals surface area contributed by atoms with Crippen molar-refractivity contribution in [3.63, 3.8) is 0 Å². The maximum atomic E-state index is 10.1. The van der Waals surface area contributed by atoms with Crippen molar-refractivity contribution in [1.29, 1.82) is 0 Å². The number of likely N-dealkylation sites (tertiary alicyclic amines) is 1. The van der Waals surface area contributed by atoms with E-state index >= 15 is 0 Å². The summed E-state index contributed by atoms with van der Waals surface area (Å²) in [5, 5.41) is 0. The van der Waals surface area contributed by atoms with Crippen molar-refractivity contribution in [2.75, 3.05) is 19.6 Å². The third kappa shape index (κ3) is 3.81. The van der Waals surface area contributed by atoms with Gasteiger partial charge in [-0.3, -0.25) is 0 Å². The fourth-order valence-electron chi connectivity index (χ4n) is 2.26. The van der Waals surface area contributed by atoms with Gasteiger partial charge >= 0.3 is 0 Å². The van der Waals surface area contributed by atoms with Gasteiger partial charge in [0.25, 0.3) is 0 Å². The largest absolute Gasteiger partial charge is 0.303 e. The first kappa shape index (κ1) is 12.0. The maximum Gasteiger partial charge on any atom is 0.240 e. The molecular weight excluding hydrogens is 212 g/mol. The number of isocyanates is 1. The van der Waals surface area contributed by atoms with Crippen molar-refractivity contribution in [3.8, 4) is 0 Å². The van der Waals surface area contributed by atoms with Crippen LogP contribution in [0.4, 0.5) is 5.69 Å². The van der Waals surface area contributed by atoms with Crippen molar-refractivity contribution in [3.05, 3.63) is 29.8 Å². The van der Waals surface area contributed by atoms with Gasteiger partial charge in [0, 0.05) is 6.54 Å². The summed E-state index contributed by atoms with van der Waals surface area (Å²) in [6.07, 6.45) is 6.69. The van der Waals surface area contributed by atoms with Crippen LogP contribution < -0.4 is 0 Å². The summed E-state index contributed by atoms with van der Waals surface area (Å²) in [7, 11) is 0. The molecule has 1 aromatic carbocycles. The first-order valence-electron chi connectivity index (χ1n) is 6.27. The van der Waals surface area contributed by atoms with Crippen molar-refractivity contribution < 1.29 is 4.79 Å². The predicted octanol–water partition coefficient (Wildman–Crippen LogP) is 2.68. The molecule has 0 aromatic heterocycles. The molecule has 0 atom stereocenters. The molecule has 0 spiro atoms. The number of rotatable bonds is 4. The Hall–Kier alpha value is -1.44. The Morgan fingerprint density at radius 3 is 2.47 bits per heavy atom. The van der Waals surface area contributed by atoms with Crippen LogP contribution in [-0.4, -0.2) is 30.6 Å². The quantitative estimate of drug-likeness (QED) is 0.588. The Morgan fingerprint density at radius 2 is 1.82 bits per heavy atom. The van der Waals surface area contributed by atoms with Crippen LogP contribution in [0.15, 0.2) is 29.3 Å². The molecular formula is C14H18N2O.